The van der Waals surface area contributed by atoms with Crippen molar-refractivity contribution in [2.75, 3.05) is 33.8 Å². The largest absolute Gasteiger partial charge is 0.464 e. The Morgan fingerprint density at radius 1 is 0.429 bits per heavy atom. The molecule has 3 atom stereocenters. The van der Waals surface area contributed by atoms with Gasteiger partial charge in [-0.3, -0.25) is 52.6 Å². The van der Waals surface area contributed by atoms with Crippen molar-refractivity contribution in [1.82, 2.24) is 69.3 Å². The van der Waals surface area contributed by atoms with Crippen LogP contribution < -0.4 is 5.32 Å². The number of benzene rings is 4. The van der Waals surface area contributed by atoms with Crippen molar-refractivity contribution in [2.45, 2.75) is 251 Å². The number of ether oxygens (including phenoxy) is 2. The van der Waals surface area contributed by atoms with Crippen molar-refractivity contribution >= 4 is 86.0 Å². The zero-order valence-electron chi connectivity index (χ0n) is 76.9. The van der Waals surface area contributed by atoms with E-state index in [1.165, 1.54) is 80.1 Å². The number of fused-ring (bicyclic) bond motifs is 12. The van der Waals surface area contributed by atoms with E-state index < -0.39 is 18.1 Å². The van der Waals surface area contributed by atoms with E-state index in [2.05, 4.69) is 272 Å². The van der Waals surface area contributed by atoms with Crippen molar-refractivity contribution in [3.05, 3.63) is 252 Å². The van der Waals surface area contributed by atoms with Gasteiger partial charge in [-0.25, -0.2) is 0 Å². The Kier molecular flexibility index (Phi) is 28.2. The van der Waals surface area contributed by atoms with Gasteiger partial charge in [0.15, 0.2) is 23.3 Å². The highest BCUT2D eigenvalue weighted by atomic mass is 32.1. The van der Waals surface area contributed by atoms with E-state index in [-0.39, 0.29) is 49.3 Å². The molecule has 5 aliphatic rings. The standard InChI is InChI=1S/C28H34N4O3S.C26H33N5O2S.C24H29N5OS.C20H22N4S/c1-15(2)19-6-8-20(9-7-19)26-25-16(3)17(4)36-28(25)32-18(5)30-31-27(32)23(29-26)14-24(34)35-22-12-10-21(33)11-13-22;1-15(2)19-8-10-20(11-9-19)24-23-16(3)17(4)34-26(23)31-18(5)28-29-25(31)21(27-24)14-22(32)33-13-12-30(6)7;1-7-25-20(30)12-19-23-28-27-16(6)29(23)24-21(14(4)15(5)31-24)22(26-19)18-10-8-17(9-11-18)13(2)3;1-11(2)15-6-8-16(9-7-15)19-18-12(3)13(4)25-20(18)24-14(5)22-23-17(24)10-21-19/h6-9,15,21-23,33H,10-14H2,1-5H3;8-11,15,21H,12-14H2,1-7H3;8-11,13,19H,7,12H2,1-6H3,(H,25,30);6-9,11H,10H2,1-5H3/t21?,22?,23-;21-;19-;/m000./s1. The number of thiophene rings is 4. The topological polar surface area (TPSA) is 277 Å². The Balaban J connectivity index is 0.000000137. The van der Waals surface area contributed by atoms with Crippen molar-refractivity contribution in [3.8, 4) is 20.0 Å². The second kappa shape index (κ2) is 38.8. The number of aliphatic hydroxyl groups is 1. The summed E-state index contributed by atoms with van der Waals surface area (Å²) >= 11 is 6.96. The number of aryl methyl sites for hydroxylation is 8. The van der Waals surface area contributed by atoms with Crippen LogP contribution in [-0.2, 0) is 30.4 Å². The molecule has 8 aromatic heterocycles. The van der Waals surface area contributed by atoms with E-state index in [4.69, 9.17) is 29.4 Å². The van der Waals surface area contributed by atoms with Crippen LogP contribution in [-0.4, -0.2) is 156 Å². The molecule has 1 aliphatic carbocycles. The van der Waals surface area contributed by atoms with Crippen LogP contribution in [0.5, 0.6) is 0 Å². The molecule has 0 radical (unpaired) electrons. The van der Waals surface area contributed by atoms with Crippen molar-refractivity contribution in [2.24, 2.45) is 20.0 Å². The zero-order chi connectivity index (χ0) is 90.1. The highest BCUT2D eigenvalue weighted by Crippen LogP contribution is 2.45. The van der Waals surface area contributed by atoms with Crippen LogP contribution in [0.2, 0.25) is 0 Å². The van der Waals surface area contributed by atoms with Gasteiger partial charge in [-0.2, -0.15) is 0 Å². The number of rotatable bonds is 19. The molecule has 1 amide bonds. The summed E-state index contributed by atoms with van der Waals surface area (Å²) in [7, 11) is 3.91. The number of carbonyl (C=O) groups is 3. The summed E-state index contributed by atoms with van der Waals surface area (Å²) in [5.41, 5.74) is 22.7. The zero-order valence-corrected chi connectivity index (χ0v) is 80.2. The molecular weight excluding hydrogens is 1650 g/mol. The molecule has 28 heteroatoms. The lowest BCUT2D eigenvalue weighted by Crippen LogP contribution is -2.27. The molecule has 0 spiro atoms. The van der Waals surface area contributed by atoms with E-state index in [0.29, 0.717) is 87.2 Å². The van der Waals surface area contributed by atoms with Gasteiger partial charge in [-0.1, -0.05) is 152 Å². The number of likely N-dealkylation sites (N-methyl/N-ethyl adjacent to an activating group) is 1. The molecule has 12 aromatic rings. The van der Waals surface area contributed by atoms with Gasteiger partial charge in [0.05, 0.1) is 48.2 Å². The average molecular weight is 1770 g/mol. The molecule has 17 rings (SSSR count). The first-order valence-electron chi connectivity index (χ1n) is 43.9. The fraction of sp³-hybridized carbons (Fsp3) is 0.439. The highest BCUT2D eigenvalue weighted by Gasteiger charge is 2.38. The number of esters is 2. The van der Waals surface area contributed by atoms with Gasteiger partial charge in [0.25, 0.3) is 0 Å². The molecule has 126 heavy (non-hydrogen) atoms. The number of amides is 1. The molecule has 2 N–H and O–H groups in total. The van der Waals surface area contributed by atoms with Crippen molar-refractivity contribution in [1.29, 1.82) is 0 Å². The summed E-state index contributed by atoms with van der Waals surface area (Å²) in [6, 6.07) is 33.3. The van der Waals surface area contributed by atoms with Gasteiger partial charge >= 0.3 is 11.9 Å². The monoisotopic (exact) mass is 1770 g/mol. The van der Waals surface area contributed by atoms with Gasteiger partial charge in [0, 0.05) is 77.1 Å². The van der Waals surface area contributed by atoms with Crippen LogP contribution in [0, 0.1) is 83.1 Å². The lowest BCUT2D eigenvalue weighted by molar-refractivity contribution is -0.152. The maximum absolute atomic E-state index is 13.1. The van der Waals surface area contributed by atoms with Crippen LogP contribution in [0.4, 0.5) is 0 Å². The minimum absolute atomic E-state index is 0.0314. The molecule has 24 nitrogen and oxygen atoms in total. The molecule has 0 unspecified atom stereocenters. The summed E-state index contributed by atoms with van der Waals surface area (Å²) in [5, 5.41) is 52.1. The molecule has 660 valence electrons. The number of nitrogens with zero attached hydrogens (tertiary/aromatic N) is 17. The summed E-state index contributed by atoms with van der Waals surface area (Å²) in [5.74, 6) is 7.57. The molecule has 0 bridgehead atoms. The molecule has 4 aliphatic heterocycles. The first-order chi connectivity index (χ1) is 60.2. The van der Waals surface area contributed by atoms with E-state index in [0.717, 1.165) is 106 Å². The summed E-state index contributed by atoms with van der Waals surface area (Å²) in [6.07, 6.45) is 2.74. The van der Waals surface area contributed by atoms with Crippen LogP contribution in [0.15, 0.2) is 117 Å². The van der Waals surface area contributed by atoms with Crippen LogP contribution in [0.25, 0.3) is 20.0 Å². The quantitative estimate of drug-likeness (QED) is 0.0712. The molecule has 0 saturated heterocycles. The van der Waals surface area contributed by atoms with Gasteiger partial charge in [0.1, 0.15) is 80.7 Å². The normalized spacial score (nSPS) is 16.7. The number of aromatic nitrogens is 12. The third kappa shape index (κ3) is 19.1. The number of carbonyl (C=O) groups excluding carboxylic acids is 3. The second-order valence-electron chi connectivity index (χ2n) is 34.9. The van der Waals surface area contributed by atoms with Gasteiger partial charge in [0.2, 0.25) is 5.91 Å². The minimum atomic E-state index is -0.507. The van der Waals surface area contributed by atoms with Crippen molar-refractivity contribution < 1.29 is 29.0 Å². The molecule has 1 fully saturated rings. The van der Waals surface area contributed by atoms with Gasteiger partial charge in [-0.15, -0.1) is 86.1 Å². The van der Waals surface area contributed by atoms with Crippen LogP contribution in [0.1, 0.15) is 304 Å². The first-order valence-corrected chi connectivity index (χ1v) is 47.2. The second-order valence-corrected chi connectivity index (χ2v) is 39.7. The smallest absolute Gasteiger partial charge is 0.308 e. The van der Waals surface area contributed by atoms with E-state index >= 15 is 0 Å². The molecule has 12 heterocycles. The maximum atomic E-state index is 13.1. The maximum Gasteiger partial charge on any atom is 0.308 e. The number of aliphatic hydroxyl groups excluding tert-OH is 1. The Morgan fingerprint density at radius 3 is 1.10 bits per heavy atom. The lowest BCUT2D eigenvalue weighted by atomic mass is 9.95. The van der Waals surface area contributed by atoms with E-state index in [9.17, 15) is 19.5 Å². The van der Waals surface area contributed by atoms with E-state index in [1.807, 2.05) is 53.6 Å². The molecule has 1 saturated carbocycles. The van der Waals surface area contributed by atoms with Gasteiger partial charge < -0.3 is 24.8 Å². The Morgan fingerprint density at radius 2 is 0.746 bits per heavy atom. The van der Waals surface area contributed by atoms with Crippen LogP contribution in [0.3, 0.4) is 0 Å². The fourth-order valence-electron chi connectivity index (χ4n) is 16.5. The number of hydrogen-bond acceptors (Lipinski definition) is 23. The van der Waals surface area contributed by atoms with E-state index in [1.54, 1.807) is 45.3 Å². The van der Waals surface area contributed by atoms with Gasteiger partial charge in [-0.05, 0) is 198 Å². The Bertz CT molecular complexity index is 6120. The van der Waals surface area contributed by atoms with Crippen molar-refractivity contribution in [3.63, 3.8) is 0 Å². The average Bonchev–Trinajstić information content (AvgIpc) is 1.63. The minimum Gasteiger partial charge on any atom is -0.464 e. The fourth-order valence-corrected chi connectivity index (χ4v) is 21.4. The summed E-state index contributed by atoms with van der Waals surface area (Å²) < 4.78 is 19.7. The number of nitrogens with one attached hydrogen (secondary N) is 1. The Labute approximate surface area is 756 Å². The lowest BCUT2D eigenvalue weighted by Gasteiger charge is -2.25. The number of hydrogen-bond donors (Lipinski definition) is 2. The Hall–Kier alpha value is -10.8. The first kappa shape index (κ1) is 91.5. The number of aliphatic imine (C=N–C) groups is 4. The highest BCUT2D eigenvalue weighted by molar-refractivity contribution is 7.16. The molecule has 4 aromatic carbocycles. The predicted octanol–water partition coefficient (Wildman–Crippen LogP) is 19.8. The SMILES string of the molecule is CCNC(=O)C[C@@H]1N=C(c2ccc(C(C)C)cc2)c2c(sc(C)c2C)-n2c(C)nnc21.Cc1sc2c(c1C)C(c1ccc(C(C)C)cc1)=NCc1nnc(C)n1-2.Cc1sc2c(c1C)C(c1ccc(C(C)C)cc1)=N[C@@H](CC(=O)OC1CCC(O)CC1)c1nnc(C)n1-2.Cc1sc2c(c1C)C(c1ccc(C(C)C)cc1)=N[C@@H](CC(=O)OCCN(C)C)c1nnc(C)n1-2. The predicted molar refractivity (Wildman–Crippen MR) is 507 cm³/mol. The summed E-state index contributed by atoms with van der Waals surface area (Å²) in [6.45, 7) is 46.7. The third-order valence-corrected chi connectivity index (χ3v) is 29.2. The van der Waals surface area contributed by atoms with Crippen LogP contribution >= 0.6 is 45.3 Å². The summed E-state index contributed by atoms with van der Waals surface area (Å²) in [4.78, 5) is 65.8. The molecular formula is C98H118N18O6S4. The third-order valence-electron chi connectivity index (χ3n) is 24.4.